The number of aliphatic hydroxyl groups is 5. The Hall–Kier alpha value is -2.12. The fourth-order valence-corrected chi connectivity index (χ4v) is 13.5. The molecule has 0 bridgehead atoms. The summed E-state index contributed by atoms with van der Waals surface area (Å²) >= 11 is 0. The third kappa shape index (κ3) is 58.3. The molecular weight excluding hydrogens is 1180 g/mol. The Morgan fingerprint density at radius 2 is 0.726 bits per heavy atom. The van der Waals surface area contributed by atoms with Gasteiger partial charge in [0.15, 0.2) is 12.4 Å². The van der Waals surface area contributed by atoms with Crippen molar-refractivity contribution in [3.8, 4) is 0 Å². The van der Waals surface area contributed by atoms with Crippen molar-refractivity contribution in [2.24, 2.45) is 0 Å². The zero-order chi connectivity index (χ0) is 68.8. The molecule has 1 rings (SSSR count). The second kappa shape index (κ2) is 71.7. The molecule has 0 aromatic heterocycles. The number of unbranched alkanes of at least 4 members (excludes halogenated alkanes) is 56. The molecule has 560 valence electrons. The molecule has 1 amide bonds. The van der Waals surface area contributed by atoms with Crippen LogP contribution in [0.2, 0.25) is 0 Å². The van der Waals surface area contributed by atoms with Gasteiger partial charge in [-0.3, -0.25) is 9.59 Å². The fraction of sp³-hybridized carbons (Fsp3) is 0.905. The predicted octanol–water partition coefficient (Wildman–Crippen LogP) is 22.9. The first-order chi connectivity index (χ1) is 46.7. The van der Waals surface area contributed by atoms with Crippen molar-refractivity contribution in [3.63, 3.8) is 0 Å². The molecule has 1 fully saturated rings. The van der Waals surface area contributed by atoms with Crippen molar-refractivity contribution in [1.29, 1.82) is 0 Å². The summed E-state index contributed by atoms with van der Waals surface area (Å²) in [5, 5.41) is 57.5. The van der Waals surface area contributed by atoms with Crippen molar-refractivity contribution in [2.75, 3.05) is 13.2 Å². The minimum atomic E-state index is -1.61. The normalized spacial score (nSPS) is 17.8. The Balaban J connectivity index is 2.47. The van der Waals surface area contributed by atoms with Gasteiger partial charge in [0.2, 0.25) is 5.91 Å². The minimum Gasteiger partial charge on any atom is -0.454 e. The van der Waals surface area contributed by atoms with Crippen LogP contribution < -0.4 is 5.32 Å². The van der Waals surface area contributed by atoms with Gasteiger partial charge >= 0.3 is 5.97 Å². The van der Waals surface area contributed by atoms with Crippen molar-refractivity contribution in [2.45, 2.75) is 474 Å². The number of aliphatic hydroxyl groups excluding tert-OH is 5. The lowest BCUT2D eigenvalue weighted by molar-refractivity contribution is -0.305. The first-order valence-electron chi connectivity index (χ1n) is 41.8. The van der Waals surface area contributed by atoms with Crippen LogP contribution in [-0.2, 0) is 23.8 Å². The van der Waals surface area contributed by atoms with E-state index in [-0.39, 0.29) is 13.0 Å². The van der Waals surface area contributed by atoms with E-state index in [1.807, 2.05) is 6.08 Å². The van der Waals surface area contributed by atoms with Gasteiger partial charge in [0.1, 0.15) is 24.4 Å². The molecule has 11 nitrogen and oxygen atoms in total. The standard InChI is InChI=1S/C84H159NO10/c1-4-7-10-13-16-19-22-25-27-29-31-33-35-37-39-41-43-45-47-49-51-54-57-60-63-66-69-72-79(89)95-82-81(91)80(90)78(73-86)94-84(82)93-74-75(76(87)70-67-64-61-58-55-52-24-21-18-15-12-9-6-3)85-83(92)77(88)71-68-65-62-59-56-53-50-48-46-44-42-40-38-36-34-32-30-28-26-23-20-17-14-11-8-5-2/h17,20,26,28,67,70,75-78,80-82,84,86-88,90-91H,4-16,18-19,21-25,27,29-66,68-69,71-74H2,1-3H3,(H,85,92)/b20-17-,28-26-,70-67+. The van der Waals surface area contributed by atoms with Crippen molar-refractivity contribution in [3.05, 3.63) is 36.5 Å². The molecular formula is C84H159NO10. The number of esters is 1. The zero-order valence-electron chi connectivity index (χ0n) is 62.8. The first-order valence-corrected chi connectivity index (χ1v) is 41.8. The van der Waals surface area contributed by atoms with Gasteiger partial charge in [-0.25, -0.2) is 0 Å². The molecule has 0 aromatic rings. The second-order valence-electron chi connectivity index (χ2n) is 29.2. The highest BCUT2D eigenvalue weighted by Crippen LogP contribution is 2.27. The van der Waals surface area contributed by atoms with Crippen LogP contribution in [0, 0.1) is 0 Å². The van der Waals surface area contributed by atoms with Gasteiger partial charge in [-0.05, 0) is 57.8 Å². The first kappa shape index (κ1) is 90.9. The number of amides is 1. The molecule has 1 saturated heterocycles. The maximum Gasteiger partial charge on any atom is 0.306 e. The van der Waals surface area contributed by atoms with Gasteiger partial charge in [-0.2, -0.15) is 0 Å². The summed E-state index contributed by atoms with van der Waals surface area (Å²) < 4.78 is 17.8. The fourth-order valence-electron chi connectivity index (χ4n) is 13.5. The van der Waals surface area contributed by atoms with Gasteiger partial charge in [-0.1, -0.05) is 398 Å². The maximum atomic E-state index is 13.6. The molecule has 1 heterocycles. The Bertz CT molecular complexity index is 1690. The SMILES string of the molecule is CCCCC/C=C\C/C=C\CCCCCCCCCCCCCCCCCCC(O)C(=O)NC(COC1OC(CO)C(O)C(O)C1OC(=O)CCCCCCCCCCCCCCCCCCCCCCCCCCCCC)C(O)/C=C/CCCCCCCCCCCCC. The third-order valence-electron chi connectivity index (χ3n) is 20.0. The number of carbonyl (C=O) groups excluding carboxylic acids is 2. The third-order valence-corrected chi connectivity index (χ3v) is 20.0. The van der Waals surface area contributed by atoms with Crippen LogP contribution in [-0.4, -0.2) is 99.6 Å². The Morgan fingerprint density at radius 3 is 1.09 bits per heavy atom. The van der Waals surface area contributed by atoms with Gasteiger partial charge in [-0.15, -0.1) is 0 Å². The van der Waals surface area contributed by atoms with E-state index in [2.05, 4.69) is 50.4 Å². The topological polar surface area (TPSA) is 175 Å². The number of carbonyl (C=O) groups is 2. The molecule has 8 unspecified atom stereocenters. The van der Waals surface area contributed by atoms with Gasteiger partial charge in [0, 0.05) is 6.42 Å². The molecule has 95 heavy (non-hydrogen) atoms. The smallest absolute Gasteiger partial charge is 0.306 e. The largest absolute Gasteiger partial charge is 0.454 e. The number of rotatable bonds is 74. The summed E-state index contributed by atoms with van der Waals surface area (Å²) in [7, 11) is 0. The average molecular weight is 1340 g/mol. The molecule has 0 radical (unpaired) electrons. The van der Waals surface area contributed by atoms with E-state index in [1.54, 1.807) is 6.08 Å². The quantitative estimate of drug-likeness (QED) is 0.0195. The van der Waals surface area contributed by atoms with E-state index in [0.29, 0.717) is 19.3 Å². The molecule has 1 aliphatic heterocycles. The maximum absolute atomic E-state index is 13.6. The Kier molecular flexibility index (Phi) is 68.6. The van der Waals surface area contributed by atoms with Crippen LogP contribution in [0.4, 0.5) is 0 Å². The van der Waals surface area contributed by atoms with Gasteiger partial charge in [0.25, 0.3) is 0 Å². The van der Waals surface area contributed by atoms with Crippen LogP contribution in [0.1, 0.15) is 425 Å². The van der Waals surface area contributed by atoms with E-state index >= 15 is 0 Å². The highest BCUT2D eigenvalue weighted by molar-refractivity contribution is 5.80. The highest BCUT2D eigenvalue weighted by Gasteiger charge is 2.47. The molecule has 11 heteroatoms. The van der Waals surface area contributed by atoms with Crippen LogP contribution in [0.25, 0.3) is 0 Å². The number of ether oxygens (including phenoxy) is 3. The Morgan fingerprint density at radius 1 is 0.411 bits per heavy atom. The van der Waals surface area contributed by atoms with Gasteiger partial charge in [0.05, 0.1) is 25.4 Å². The predicted molar refractivity (Wildman–Crippen MR) is 403 cm³/mol. The second-order valence-corrected chi connectivity index (χ2v) is 29.2. The van der Waals surface area contributed by atoms with Gasteiger partial charge < -0.3 is 45.1 Å². The molecule has 1 aliphatic rings. The Labute approximate surface area is 587 Å². The summed E-state index contributed by atoms with van der Waals surface area (Å²) in [5.41, 5.74) is 0. The number of hydrogen-bond acceptors (Lipinski definition) is 10. The number of hydrogen-bond donors (Lipinski definition) is 6. The van der Waals surface area contributed by atoms with Crippen molar-refractivity contribution >= 4 is 11.9 Å². The summed E-state index contributed by atoms with van der Waals surface area (Å²) in [6.45, 7) is 5.86. The van der Waals surface area contributed by atoms with Crippen LogP contribution in [0.15, 0.2) is 36.5 Å². The van der Waals surface area contributed by atoms with E-state index in [0.717, 1.165) is 64.2 Å². The molecule has 8 atom stereocenters. The number of nitrogens with one attached hydrogen (secondary N) is 1. The van der Waals surface area contributed by atoms with Crippen LogP contribution in [0.5, 0.6) is 0 Å². The summed E-state index contributed by atoms with van der Waals surface area (Å²) in [6.07, 6.45) is 80.7. The molecule has 0 aliphatic carbocycles. The molecule has 0 saturated carbocycles. The lowest BCUT2D eigenvalue weighted by atomic mass is 9.99. The monoisotopic (exact) mass is 1340 g/mol. The highest BCUT2D eigenvalue weighted by atomic mass is 16.7. The zero-order valence-corrected chi connectivity index (χ0v) is 62.8. The average Bonchev–Trinajstić information content (AvgIpc) is 0.829. The van der Waals surface area contributed by atoms with Crippen molar-refractivity contribution in [1.82, 2.24) is 5.32 Å². The molecule has 0 spiro atoms. The molecule has 0 aromatic carbocycles. The lowest BCUT2D eigenvalue weighted by Crippen LogP contribution is -2.61. The van der Waals surface area contributed by atoms with E-state index in [9.17, 15) is 35.1 Å². The number of allylic oxidation sites excluding steroid dienone is 5. The minimum absolute atomic E-state index is 0.131. The lowest BCUT2D eigenvalue weighted by Gasteiger charge is -2.41. The van der Waals surface area contributed by atoms with Crippen LogP contribution >= 0.6 is 0 Å². The van der Waals surface area contributed by atoms with E-state index in [4.69, 9.17) is 14.2 Å². The van der Waals surface area contributed by atoms with Crippen molar-refractivity contribution < 1.29 is 49.3 Å². The summed E-state index contributed by atoms with van der Waals surface area (Å²) in [6, 6.07) is -1.02. The molecule has 6 N–H and O–H groups in total. The summed E-state index contributed by atoms with van der Waals surface area (Å²) in [5.74, 6) is -1.17. The summed E-state index contributed by atoms with van der Waals surface area (Å²) in [4.78, 5) is 26.8. The van der Waals surface area contributed by atoms with E-state index < -0.39 is 67.4 Å². The van der Waals surface area contributed by atoms with E-state index in [1.165, 1.54) is 315 Å². The van der Waals surface area contributed by atoms with Crippen LogP contribution in [0.3, 0.4) is 0 Å².